The zero-order valence-corrected chi connectivity index (χ0v) is 34.7. The van der Waals surface area contributed by atoms with Gasteiger partial charge < -0.3 is 45.9 Å². The summed E-state index contributed by atoms with van der Waals surface area (Å²) >= 11 is 12.0. The molecule has 0 unspecified atom stereocenters. The van der Waals surface area contributed by atoms with Crippen molar-refractivity contribution in [2.75, 3.05) is 27.2 Å². The number of β-amino-alcohol motifs (C(OH)–C–C–N with tert-alkyl or cyclic N) is 2. The van der Waals surface area contributed by atoms with Gasteiger partial charge in [0.1, 0.15) is 11.4 Å². The summed E-state index contributed by atoms with van der Waals surface area (Å²) in [7, 11) is 2.72. The molecule has 0 saturated carbocycles. The summed E-state index contributed by atoms with van der Waals surface area (Å²) in [5, 5.41) is 50.0. The zero-order chi connectivity index (χ0) is 43.8. The Morgan fingerprint density at radius 1 is 0.705 bits per heavy atom. The highest BCUT2D eigenvalue weighted by Crippen LogP contribution is 2.22. The minimum absolute atomic E-state index is 0.0775. The number of amides is 4. The van der Waals surface area contributed by atoms with Crippen molar-refractivity contribution in [2.24, 2.45) is 0 Å². The van der Waals surface area contributed by atoms with Crippen LogP contribution in [0.5, 0.6) is 0 Å². The van der Waals surface area contributed by atoms with E-state index in [4.69, 9.17) is 28.0 Å². The van der Waals surface area contributed by atoms with E-state index in [2.05, 4.69) is 20.6 Å². The first-order valence-electron chi connectivity index (χ1n) is 19.3. The number of aromatic nitrogens is 2. The molecule has 1 aliphatic rings. The van der Waals surface area contributed by atoms with E-state index in [1.165, 1.54) is 19.1 Å². The normalized spacial score (nSPS) is 16.9. The monoisotopic (exact) mass is 872 g/mol. The van der Waals surface area contributed by atoms with E-state index < -0.39 is 60.1 Å². The molecule has 2 aromatic heterocycles. The lowest BCUT2D eigenvalue weighted by molar-refractivity contribution is -0.179. The topological polar surface area (TPSA) is 221 Å². The molecule has 8 N–H and O–H groups in total. The van der Waals surface area contributed by atoms with Crippen LogP contribution in [0.3, 0.4) is 0 Å². The molecule has 6 aromatic rings. The number of likely N-dealkylation sites (N-methyl/N-ethyl adjacent to an activating group) is 1. The number of rotatable bonds is 13. The standard InChI is InChI=1S/C23H24ClN3O5.C21H22ClN3O4/c24-15-6-7-16-14(9-15)10-18(25-16)22(31)26-17(8-13-4-2-1-3-5-13)21(30)23(32)27-11-19(28)20(29)12-27;1-25(29-2)21(28)19(26)17(10-13-6-4-3-5-7-13)24-20(27)18-12-14-11-15(22)8-9-16(14)23-18/h1-7,9-10,17,19-21,25,28-30H,8,11-12H2,(H,26,31);3-9,11-12,17,19,23,26H,10H2,1-2H3,(H,24,27)/t17-,19-,20+,21+;17-,19+/m00/s1. The number of carbonyl (C=O) groups excluding carboxylic acids is 4. The molecule has 0 radical (unpaired) electrons. The maximum Gasteiger partial charge on any atom is 0.276 e. The first-order valence-corrected chi connectivity index (χ1v) is 20.0. The third-order valence-corrected chi connectivity index (χ3v) is 10.8. The highest BCUT2D eigenvalue weighted by Gasteiger charge is 2.38. The quantitative estimate of drug-likeness (QED) is 0.0794. The second kappa shape index (κ2) is 20.2. The van der Waals surface area contributed by atoms with Crippen LogP contribution in [-0.4, -0.2) is 128 Å². The van der Waals surface area contributed by atoms with Gasteiger partial charge in [0.15, 0.2) is 12.2 Å². The van der Waals surface area contributed by atoms with Crippen molar-refractivity contribution in [3.8, 4) is 0 Å². The Bertz CT molecular complexity index is 2460. The number of hydrogen-bond donors (Lipinski definition) is 8. The highest BCUT2D eigenvalue weighted by molar-refractivity contribution is 6.31. The number of carbonyl (C=O) groups is 4. The van der Waals surface area contributed by atoms with Gasteiger partial charge >= 0.3 is 0 Å². The molecule has 0 spiro atoms. The first-order chi connectivity index (χ1) is 29.2. The number of fused-ring (bicyclic) bond motifs is 2. The zero-order valence-electron chi connectivity index (χ0n) is 33.2. The van der Waals surface area contributed by atoms with Crippen LogP contribution >= 0.6 is 23.2 Å². The summed E-state index contributed by atoms with van der Waals surface area (Å²) in [5.74, 6) is -2.24. The van der Waals surface area contributed by atoms with Gasteiger partial charge in [0.25, 0.3) is 23.6 Å². The van der Waals surface area contributed by atoms with Gasteiger partial charge in [0.05, 0.1) is 31.4 Å². The average Bonchev–Trinajstić information content (AvgIpc) is 3.98. The van der Waals surface area contributed by atoms with Gasteiger partial charge in [-0.1, -0.05) is 83.9 Å². The molecule has 1 saturated heterocycles. The predicted molar refractivity (Wildman–Crippen MR) is 230 cm³/mol. The molecule has 0 bridgehead atoms. The maximum atomic E-state index is 13.0. The number of aliphatic hydroxyl groups excluding tert-OH is 4. The Balaban J connectivity index is 0.000000205. The maximum absolute atomic E-state index is 13.0. The second-order valence-electron chi connectivity index (χ2n) is 14.7. The number of hydrogen-bond acceptors (Lipinski definition) is 9. The van der Waals surface area contributed by atoms with Crippen LogP contribution < -0.4 is 10.6 Å². The molecule has 6 atom stereocenters. The minimum Gasteiger partial charge on any atom is -0.388 e. The van der Waals surface area contributed by atoms with Crippen molar-refractivity contribution >= 4 is 68.6 Å². The van der Waals surface area contributed by atoms with Crippen LogP contribution in [0.25, 0.3) is 21.8 Å². The molecule has 7 rings (SSSR count). The smallest absolute Gasteiger partial charge is 0.276 e. The van der Waals surface area contributed by atoms with Crippen molar-refractivity contribution in [1.82, 2.24) is 30.6 Å². The summed E-state index contributed by atoms with van der Waals surface area (Å²) in [6.45, 7) is -0.155. The third kappa shape index (κ3) is 11.3. The van der Waals surface area contributed by atoms with E-state index in [1.54, 1.807) is 48.5 Å². The van der Waals surface area contributed by atoms with E-state index >= 15 is 0 Å². The van der Waals surface area contributed by atoms with Crippen LogP contribution in [0.2, 0.25) is 10.0 Å². The number of hydroxylamine groups is 2. The van der Waals surface area contributed by atoms with Gasteiger partial charge in [-0.25, -0.2) is 5.06 Å². The molecule has 61 heavy (non-hydrogen) atoms. The molecular weight excluding hydrogens is 827 g/mol. The SMILES string of the molecule is CON(C)C(=O)[C@H](O)[C@H](Cc1ccccc1)NC(=O)c1cc2cc(Cl)ccc2[nH]1.O=C(N[C@@H](Cc1ccccc1)[C@@H](O)C(=O)N1C[C@@H](O)[C@@H](O)C1)c1cc2cc(Cl)ccc2[nH]1. The molecular formula is C44H46Cl2N6O9. The van der Waals surface area contributed by atoms with E-state index in [0.29, 0.717) is 15.7 Å². The number of aliphatic hydroxyl groups is 4. The average molecular weight is 874 g/mol. The van der Waals surface area contributed by atoms with Gasteiger partial charge in [-0.15, -0.1) is 0 Å². The van der Waals surface area contributed by atoms with Crippen LogP contribution in [0.1, 0.15) is 32.1 Å². The lowest BCUT2D eigenvalue weighted by Gasteiger charge is -2.27. The number of likely N-dealkylation sites (tertiary alicyclic amines) is 1. The molecule has 3 heterocycles. The van der Waals surface area contributed by atoms with Crippen LogP contribution in [0, 0.1) is 0 Å². The summed E-state index contributed by atoms with van der Waals surface area (Å²) in [4.78, 5) is 63.1. The molecule has 1 fully saturated rings. The van der Waals surface area contributed by atoms with Crippen molar-refractivity contribution in [2.45, 2.75) is 49.3 Å². The predicted octanol–water partition coefficient (Wildman–Crippen LogP) is 3.63. The number of aromatic amines is 2. The second-order valence-corrected chi connectivity index (χ2v) is 15.5. The minimum atomic E-state index is -1.56. The molecule has 4 aromatic carbocycles. The fraction of sp³-hybridized carbons (Fsp3) is 0.273. The van der Waals surface area contributed by atoms with Crippen LogP contribution in [0.4, 0.5) is 0 Å². The number of nitrogens with one attached hydrogen (secondary N) is 4. The molecule has 4 amide bonds. The third-order valence-electron chi connectivity index (χ3n) is 10.3. The lowest BCUT2D eigenvalue weighted by atomic mass is 10.00. The Morgan fingerprint density at radius 2 is 1.13 bits per heavy atom. The molecule has 320 valence electrons. The van der Waals surface area contributed by atoms with Gasteiger partial charge in [0.2, 0.25) is 0 Å². The molecule has 0 aliphatic carbocycles. The number of benzene rings is 4. The van der Waals surface area contributed by atoms with E-state index in [-0.39, 0.29) is 31.6 Å². The van der Waals surface area contributed by atoms with Crippen molar-refractivity contribution in [1.29, 1.82) is 0 Å². The molecule has 17 heteroatoms. The van der Waals surface area contributed by atoms with Gasteiger partial charge in [-0.3, -0.25) is 24.0 Å². The Hall–Kier alpha value is -5.78. The fourth-order valence-corrected chi connectivity index (χ4v) is 7.28. The van der Waals surface area contributed by atoms with Gasteiger partial charge in [0, 0.05) is 52.0 Å². The van der Waals surface area contributed by atoms with E-state index in [0.717, 1.165) is 38.0 Å². The summed E-state index contributed by atoms with van der Waals surface area (Å²) < 4.78 is 0. The number of nitrogens with zero attached hydrogens (tertiary/aromatic N) is 2. The van der Waals surface area contributed by atoms with E-state index in [9.17, 15) is 39.6 Å². The Kier molecular flexibility index (Phi) is 14.8. The molecule has 15 nitrogen and oxygen atoms in total. The van der Waals surface area contributed by atoms with E-state index in [1.807, 2.05) is 60.7 Å². The summed E-state index contributed by atoms with van der Waals surface area (Å²) in [6, 6.07) is 30.5. The number of halogens is 2. The van der Waals surface area contributed by atoms with Crippen LogP contribution in [0.15, 0.2) is 109 Å². The summed E-state index contributed by atoms with van der Waals surface area (Å²) in [6.07, 6.45) is -4.69. The van der Waals surface area contributed by atoms with Crippen molar-refractivity contribution < 1.29 is 44.4 Å². The Morgan fingerprint density at radius 3 is 1.56 bits per heavy atom. The highest BCUT2D eigenvalue weighted by atomic mass is 35.5. The van der Waals surface area contributed by atoms with Crippen molar-refractivity contribution in [3.63, 3.8) is 0 Å². The lowest BCUT2D eigenvalue weighted by Crippen LogP contribution is -2.52. The molecule has 1 aliphatic heterocycles. The van der Waals surface area contributed by atoms with Crippen molar-refractivity contribution in [3.05, 3.63) is 142 Å². The number of H-pyrrole nitrogens is 2. The van der Waals surface area contributed by atoms with Crippen LogP contribution in [-0.2, 0) is 27.3 Å². The first kappa shape index (κ1) is 44.8. The Labute approximate surface area is 360 Å². The fourth-order valence-electron chi connectivity index (χ4n) is 6.92. The van der Waals surface area contributed by atoms with Gasteiger partial charge in [-0.2, -0.15) is 0 Å². The van der Waals surface area contributed by atoms with Gasteiger partial charge in [-0.05, 0) is 72.5 Å². The summed E-state index contributed by atoms with van der Waals surface area (Å²) in [5.41, 5.74) is 3.76. The largest absolute Gasteiger partial charge is 0.388 e.